The number of nitrogens with zero attached hydrogens (tertiary/aromatic N) is 2. The van der Waals surface area contributed by atoms with Crippen molar-refractivity contribution in [2.45, 2.75) is 75.5 Å². The highest BCUT2D eigenvalue weighted by Gasteiger charge is 2.38. The van der Waals surface area contributed by atoms with Crippen molar-refractivity contribution in [3.05, 3.63) is 18.0 Å². The third kappa shape index (κ3) is 2.91. The molecule has 2 N–H and O–H groups in total. The SMILES string of the molecule is COC1(CC(N)Cc2ccn(C3CCCC3)n2)CCC1. The third-order valence-electron chi connectivity index (χ3n) is 5.17. The Morgan fingerprint density at radius 2 is 2.15 bits per heavy atom. The highest BCUT2D eigenvalue weighted by Crippen LogP contribution is 2.39. The van der Waals surface area contributed by atoms with Crippen molar-refractivity contribution in [1.29, 1.82) is 0 Å². The summed E-state index contributed by atoms with van der Waals surface area (Å²) in [4.78, 5) is 0. The number of ether oxygens (including phenoxy) is 1. The second kappa shape index (κ2) is 5.86. The number of methoxy groups -OCH3 is 1. The molecule has 1 unspecified atom stereocenters. The van der Waals surface area contributed by atoms with Crippen LogP contribution in [0.3, 0.4) is 0 Å². The normalized spacial score (nSPS) is 23.7. The van der Waals surface area contributed by atoms with E-state index in [1.807, 2.05) is 7.11 Å². The topological polar surface area (TPSA) is 53.1 Å². The summed E-state index contributed by atoms with van der Waals surface area (Å²) >= 11 is 0. The van der Waals surface area contributed by atoms with Crippen LogP contribution in [0.5, 0.6) is 0 Å². The summed E-state index contributed by atoms with van der Waals surface area (Å²) in [6.07, 6.45) is 12.8. The molecule has 0 bridgehead atoms. The van der Waals surface area contributed by atoms with Crippen LogP contribution in [-0.4, -0.2) is 28.5 Å². The predicted molar refractivity (Wildman–Crippen MR) is 79.6 cm³/mol. The van der Waals surface area contributed by atoms with Gasteiger partial charge in [0.05, 0.1) is 17.3 Å². The fourth-order valence-corrected chi connectivity index (χ4v) is 3.74. The van der Waals surface area contributed by atoms with E-state index < -0.39 is 0 Å². The molecule has 0 amide bonds. The second-order valence-corrected chi connectivity index (χ2v) is 6.63. The van der Waals surface area contributed by atoms with Crippen molar-refractivity contribution in [1.82, 2.24) is 9.78 Å². The second-order valence-electron chi connectivity index (χ2n) is 6.63. The van der Waals surface area contributed by atoms with Crippen molar-refractivity contribution in [3.8, 4) is 0 Å². The Balaban J connectivity index is 1.54. The smallest absolute Gasteiger partial charge is 0.0693 e. The Bertz CT molecular complexity index is 427. The molecule has 20 heavy (non-hydrogen) atoms. The largest absolute Gasteiger partial charge is 0.378 e. The third-order valence-corrected chi connectivity index (χ3v) is 5.17. The average molecular weight is 277 g/mol. The van der Waals surface area contributed by atoms with E-state index in [-0.39, 0.29) is 11.6 Å². The standard InChI is InChI=1S/C16H27N3O/c1-20-16(8-4-9-16)12-13(17)11-14-7-10-19(18-14)15-5-2-3-6-15/h7,10,13,15H,2-6,8-9,11-12,17H2,1H3. The van der Waals surface area contributed by atoms with Crippen molar-refractivity contribution < 1.29 is 4.74 Å². The number of hydrogen-bond acceptors (Lipinski definition) is 3. The van der Waals surface area contributed by atoms with E-state index in [0.717, 1.165) is 31.4 Å². The van der Waals surface area contributed by atoms with Gasteiger partial charge in [0.2, 0.25) is 0 Å². The lowest BCUT2D eigenvalue weighted by Gasteiger charge is -2.42. The molecule has 2 fully saturated rings. The lowest BCUT2D eigenvalue weighted by atomic mass is 9.75. The first kappa shape index (κ1) is 14.1. The van der Waals surface area contributed by atoms with Crippen LogP contribution < -0.4 is 5.73 Å². The van der Waals surface area contributed by atoms with Crippen LogP contribution in [0, 0.1) is 0 Å². The van der Waals surface area contributed by atoms with E-state index in [0.29, 0.717) is 6.04 Å². The molecule has 2 saturated carbocycles. The van der Waals surface area contributed by atoms with Gasteiger partial charge in [0.1, 0.15) is 0 Å². The van der Waals surface area contributed by atoms with Gasteiger partial charge in [-0.1, -0.05) is 12.8 Å². The Hall–Kier alpha value is -0.870. The fraction of sp³-hybridized carbons (Fsp3) is 0.812. The predicted octanol–water partition coefficient (Wildman–Crippen LogP) is 2.83. The van der Waals surface area contributed by atoms with Crippen molar-refractivity contribution in [2.24, 2.45) is 5.73 Å². The van der Waals surface area contributed by atoms with Crippen LogP contribution in [0.25, 0.3) is 0 Å². The Kier molecular flexibility index (Phi) is 4.13. The molecule has 4 heteroatoms. The first-order valence-corrected chi connectivity index (χ1v) is 8.05. The van der Waals surface area contributed by atoms with Gasteiger partial charge in [0, 0.05) is 25.8 Å². The van der Waals surface area contributed by atoms with E-state index in [9.17, 15) is 0 Å². The molecule has 0 aliphatic heterocycles. The van der Waals surface area contributed by atoms with Crippen LogP contribution in [0.2, 0.25) is 0 Å². The highest BCUT2D eigenvalue weighted by atomic mass is 16.5. The number of hydrogen-bond donors (Lipinski definition) is 1. The molecular formula is C16H27N3O. The maximum Gasteiger partial charge on any atom is 0.0693 e. The van der Waals surface area contributed by atoms with Gasteiger partial charge >= 0.3 is 0 Å². The van der Waals surface area contributed by atoms with Gasteiger partial charge < -0.3 is 10.5 Å². The molecular weight excluding hydrogens is 250 g/mol. The minimum Gasteiger partial charge on any atom is -0.378 e. The van der Waals surface area contributed by atoms with Crippen molar-refractivity contribution in [2.75, 3.05) is 7.11 Å². The molecule has 0 aromatic carbocycles. The number of nitrogens with two attached hydrogens (primary N) is 1. The molecule has 4 nitrogen and oxygen atoms in total. The maximum atomic E-state index is 6.31. The number of rotatable bonds is 6. The summed E-state index contributed by atoms with van der Waals surface area (Å²) in [6.45, 7) is 0. The zero-order valence-electron chi connectivity index (χ0n) is 12.6. The minimum absolute atomic E-state index is 0.0629. The van der Waals surface area contributed by atoms with E-state index in [1.165, 1.54) is 32.1 Å². The van der Waals surface area contributed by atoms with Gasteiger partial charge in [-0.2, -0.15) is 5.10 Å². The average Bonchev–Trinajstić information content (AvgIpc) is 3.03. The summed E-state index contributed by atoms with van der Waals surface area (Å²) in [6, 6.07) is 2.91. The maximum absolute atomic E-state index is 6.31. The van der Waals surface area contributed by atoms with Crippen LogP contribution in [0.15, 0.2) is 12.3 Å². The minimum atomic E-state index is 0.0629. The lowest BCUT2D eigenvalue weighted by molar-refractivity contribution is -0.0813. The molecule has 112 valence electrons. The first-order chi connectivity index (χ1) is 9.71. The Labute approximate surface area is 121 Å². The molecule has 2 aliphatic carbocycles. The van der Waals surface area contributed by atoms with Gasteiger partial charge in [0.25, 0.3) is 0 Å². The van der Waals surface area contributed by atoms with Crippen LogP contribution in [0.4, 0.5) is 0 Å². The molecule has 0 saturated heterocycles. The fourth-order valence-electron chi connectivity index (χ4n) is 3.74. The summed E-state index contributed by atoms with van der Waals surface area (Å²) in [5.74, 6) is 0. The summed E-state index contributed by atoms with van der Waals surface area (Å²) in [5.41, 5.74) is 7.51. The van der Waals surface area contributed by atoms with E-state index in [4.69, 9.17) is 15.6 Å². The lowest BCUT2D eigenvalue weighted by Crippen LogP contribution is -2.45. The Morgan fingerprint density at radius 3 is 2.75 bits per heavy atom. The quantitative estimate of drug-likeness (QED) is 0.870. The monoisotopic (exact) mass is 277 g/mol. The molecule has 0 radical (unpaired) electrons. The molecule has 3 rings (SSSR count). The van der Waals surface area contributed by atoms with Crippen LogP contribution >= 0.6 is 0 Å². The van der Waals surface area contributed by atoms with Crippen molar-refractivity contribution in [3.63, 3.8) is 0 Å². The molecule has 1 heterocycles. The summed E-state index contributed by atoms with van der Waals surface area (Å²) in [7, 11) is 1.82. The van der Waals surface area contributed by atoms with Crippen LogP contribution in [0.1, 0.15) is 63.1 Å². The van der Waals surface area contributed by atoms with E-state index in [1.54, 1.807) is 0 Å². The highest BCUT2D eigenvalue weighted by molar-refractivity contribution is 5.04. The molecule has 2 aliphatic rings. The zero-order chi connectivity index (χ0) is 14.0. The van der Waals surface area contributed by atoms with Crippen LogP contribution in [-0.2, 0) is 11.2 Å². The molecule has 1 atom stereocenters. The van der Waals surface area contributed by atoms with E-state index >= 15 is 0 Å². The summed E-state index contributed by atoms with van der Waals surface area (Å²) in [5, 5.41) is 4.73. The zero-order valence-corrected chi connectivity index (χ0v) is 12.6. The van der Waals surface area contributed by atoms with E-state index in [2.05, 4.69) is 16.9 Å². The van der Waals surface area contributed by atoms with Gasteiger partial charge in [-0.15, -0.1) is 0 Å². The summed E-state index contributed by atoms with van der Waals surface area (Å²) < 4.78 is 7.82. The molecule has 1 aromatic rings. The first-order valence-electron chi connectivity index (χ1n) is 8.05. The van der Waals surface area contributed by atoms with Gasteiger partial charge in [-0.25, -0.2) is 0 Å². The van der Waals surface area contributed by atoms with Crippen molar-refractivity contribution >= 4 is 0 Å². The molecule has 1 aromatic heterocycles. The Morgan fingerprint density at radius 1 is 1.40 bits per heavy atom. The van der Waals surface area contributed by atoms with Gasteiger partial charge in [-0.3, -0.25) is 4.68 Å². The van der Waals surface area contributed by atoms with Gasteiger partial charge in [-0.05, 0) is 44.6 Å². The molecule has 0 spiro atoms. The number of aromatic nitrogens is 2. The van der Waals surface area contributed by atoms with Gasteiger partial charge in [0.15, 0.2) is 0 Å².